The zero-order valence-corrected chi connectivity index (χ0v) is 11.3. The van der Waals surface area contributed by atoms with Crippen LogP contribution in [0.2, 0.25) is 0 Å². The molecule has 1 aromatic rings. The van der Waals surface area contributed by atoms with E-state index in [1.165, 1.54) is 0 Å². The number of amides is 1. The summed E-state index contributed by atoms with van der Waals surface area (Å²) in [6.07, 6.45) is 0.660. The van der Waals surface area contributed by atoms with Crippen molar-refractivity contribution < 1.29 is 9.53 Å². The molecule has 1 amide bonds. The molecule has 1 aromatic carbocycles. The van der Waals surface area contributed by atoms with Crippen LogP contribution in [0.25, 0.3) is 0 Å². The molecule has 0 saturated heterocycles. The van der Waals surface area contributed by atoms with E-state index >= 15 is 0 Å². The Morgan fingerprint density at radius 2 is 2.17 bits per heavy atom. The molecule has 4 heteroatoms. The molecule has 0 aliphatic heterocycles. The molecule has 0 saturated carbocycles. The van der Waals surface area contributed by atoms with Crippen LogP contribution in [0.3, 0.4) is 0 Å². The van der Waals surface area contributed by atoms with Crippen LogP contribution in [0.1, 0.15) is 32.8 Å². The van der Waals surface area contributed by atoms with Crippen LogP contribution in [0.15, 0.2) is 24.3 Å². The third kappa shape index (κ3) is 3.74. The van der Waals surface area contributed by atoms with Crippen molar-refractivity contribution in [2.75, 3.05) is 6.61 Å². The summed E-state index contributed by atoms with van der Waals surface area (Å²) >= 11 is 0. The van der Waals surface area contributed by atoms with E-state index in [-0.39, 0.29) is 5.91 Å². The van der Waals surface area contributed by atoms with E-state index in [9.17, 15) is 4.79 Å². The molecule has 0 heterocycles. The van der Waals surface area contributed by atoms with Gasteiger partial charge in [0.15, 0.2) is 0 Å². The van der Waals surface area contributed by atoms with Gasteiger partial charge < -0.3 is 10.5 Å². The second-order valence-electron chi connectivity index (χ2n) is 4.48. The number of primary amides is 1. The van der Waals surface area contributed by atoms with E-state index in [0.29, 0.717) is 19.6 Å². The molecular weight excluding hydrogens is 228 g/mol. The third-order valence-electron chi connectivity index (χ3n) is 3.14. The normalized spacial score (nSPS) is 13.9. The lowest BCUT2D eigenvalue weighted by molar-refractivity contribution is -0.124. The highest BCUT2D eigenvalue weighted by atomic mass is 16.5. The highest BCUT2D eigenvalue weighted by molar-refractivity contribution is 5.84. The van der Waals surface area contributed by atoms with E-state index in [1.54, 1.807) is 0 Å². The van der Waals surface area contributed by atoms with Gasteiger partial charge in [0, 0.05) is 6.54 Å². The Bertz CT molecular complexity index is 407. The van der Waals surface area contributed by atoms with Gasteiger partial charge in [0.1, 0.15) is 5.75 Å². The zero-order valence-electron chi connectivity index (χ0n) is 11.3. The molecule has 0 bridgehead atoms. The molecule has 0 aliphatic carbocycles. The molecule has 0 radical (unpaired) electrons. The van der Waals surface area contributed by atoms with Crippen LogP contribution in [0, 0.1) is 0 Å². The Kier molecular flexibility index (Phi) is 5.16. The average Bonchev–Trinajstić information content (AvgIpc) is 2.36. The summed E-state index contributed by atoms with van der Waals surface area (Å²) in [5.41, 5.74) is 5.80. The Morgan fingerprint density at radius 3 is 2.72 bits per heavy atom. The van der Waals surface area contributed by atoms with Crippen molar-refractivity contribution in [1.82, 2.24) is 5.32 Å². The number of nitrogens with one attached hydrogen (secondary N) is 1. The van der Waals surface area contributed by atoms with Gasteiger partial charge in [0.05, 0.1) is 12.1 Å². The quantitative estimate of drug-likeness (QED) is 0.776. The first-order valence-corrected chi connectivity index (χ1v) is 6.28. The van der Waals surface area contributed by atoms with Crippen LogP contribution in [-0.4, -0.2) is 18.1 Å². The van der Waals surface area contributed by atoms with Crippen molar-refractivity contribution in [2.45, 2.75) is 39.3 Å². The van der Waals surface area contributed by atoms with Crippen LogP contribution in [0.4, 0.5) is 0 Å². The number of hydrogen-bond donors (Lipinski definition) is 2. The molecule has 0 fully saturated rings. The predicted molar refractivity (Wildman–Crippen MR) is 72.3 cm³/mol. The van der Waals surface area contributed by atoms with E-state index in [1.807, 2.05) is 45.0 Å². The molecule has 100 valence electrons. The average molecular weight is 250 g/mol. The van der Waals surface area contributed by atoms with Gasteiger partial charge in [0.2, 0.25) is 5.91 Å². The van der Waals surface area contributed by atoms with Gasteiger partial charge in [-0.25, -0.2) is 0 Å². The number of rotatable bonds is 7. The molecule has 18 heavy (non-hydrogen) atoms. The van der Waals surface area contributed by atoms with Gasteiger partial charge in [-0.15, -0.1) is 0 Å². The zero-order chi connectivity index (χ0) is 13.6. The molecule has 1 atom stereocenters. The fourth-order valence-electron chi connectivity index (χ4n) is 1.60. The van der Waals surface area contributed by atoms with Gasteiger partial charge in [-0.1, -0.05) is 19.1 Å². The lowest BCUT2D eigenvalue weighted by atomic mass is 9.97. The molecular formula is C14H22N2O2. The smallest absolute Gasteiger partial charge is 0.237 e. The second kappa shape index (κ2) is 6.40. The first-order chi connectivity index (χ1) is 8.51. The van der Waals surface area contributed by atoms with Crippen molar-refractivity contribution in [3.05, 3.63) is 29.8 Å². The van der Waals surface area contributed by atoms with Gasteiger partial charge in [-0.3, -0.25) is 10.1 Å². The Morgan fingerprint density at radius 1 is 1.44 bits per heavy atom. The third-order valence-corrected chi connectivity index (χ3v) is 3.14. The molecule has 3 N–H and O–H groups in total. The SMILES string of the molecule is CCOc1cccc(CNC(C)(CC)C(N)=O)c1. The number of hydrogen-bond acceptors (Lipinski definition) is 3. The highest BCUT2D eigenvalue weighted by Crippen LogP contribution is 2.15. The van der Waals surface area contributed by atoms with Gasteiger partial charge in [0.25, 0.3) is 0 Å². The molecule has 0 spiro atoms. The summed E-state index contributed by atoms with van der Waals surface area (Å²) in [6.45, 7) is 6.95. The number of carbonyl (C=O) groups excluding carboxylic acids is 1. The molecule has 4 nitrogen and oxygen atoms in total. The maximum absolute atomic E-state index is 11.4. The van der Waals surface area contributed by atoms with Crippen molar-refractivity contribution >= 4 is 5.91 Å². The topological polar surface area (TPSA) is 64.3 Å². The number of benzene rings is 1. The summed E-state index contributed by atoms with van der Waals surface area (Å²) in [6, 6.07) is 7.82. The van der Waals surface area contributed by atoms with Crippen molar-refractivity contribution in [1.29, 1.82) is 0 Å². The van der Waals surface area contributed by atoms with E-state index < -0.39 is 5.54 Å². The largest absolute Gasteiger partial charge is 0.494 e. The molecule has 0 aromatic heterocycles. The second-order valence-corrected chi connectivity index (χ2v) is 4.48. The number of ether oxygens (including phenoxy) is 1. The lowest BCUT2D eigenvalue weighted by Gasteiger charge is -2.26. The fourth-order valence-corrected chi connectivity index (χ4v) is 1.60. The van der Waals surface area contributed by atoms with Crippen molar-refractivity contribution in [3.63, 3.8) is 0 Å². The van der Waals surface area contributed by atoms with Crippen molar-refractivity contribution in [3.8, 4) is 5.75 Å². The predicted octanol–water partition coefficient (Wildman–Crippen LogP) is 1.83. The first kappa shape index (κ1) is 14.5. The molecule has 1 unspecified atom stereocenters. The number of nitrogens with two attached hydrogens (primary N) is 1. The van der Waals surface area contributed by atoms with Gasteiger partial charge in [-0.2, -0.15) is 0 Å². The highest BCUT2D eigenvalue weighted by Gasteiger charge is 2.27. The Hall–Kier alpha value is -1.55. The first-order valence-electron chi connectivity index (χ1n) is 6.28. The summed E-state index contributed by atoms with van der Waals surface area (Å²) in [4.78, 5) is 11.4. The minimum absolute atomic E-state index is 0.328. The molecule has 1 rings (SSSR count). The lowest BCUT2D eigenvalue weighted by Crippen LogP contribution is -2.52. The van der Waals surface area contributed by atoms with Crippen LogP contribution >= 0.6 is 0 Å². The van der Waals surface area contributed by atoms with Crippen molar-refractivity contribution in [2.24, 2.45) is 5.73 Å². The maximum Gasteiger partial charge on any atom is 0.237 e. The van der Waals surface area contributed by atoms with E-state index in [4.69, 9.17) is 10.5 Å². The standard InChI is InChI=1S/C14H22N2O2/c1-4-14(3,13(15)17)16-10-11-7-6-8-12(9-11)18-5-2/h6-9,16H,4-5,10H2,1-3H3,(H2,15,17). The van der Waals surface area contributed by atoms with Gasteiger partial charge >= 0.3 is 0 Å². The van der Waals surface area contributed by atoms with Crippen LogP contribution < -0.4 is 15.8 Å². The molecule has 0 aliphatic rings. The van der Waals surface area contributed by atoms with E-state index in [2.05, 4.69) is 5.32 Å². The fraction of sp³-hybridized carbons (Fsp3) is 0.500. The van der Waals surface area contributed by atoms with Crippen LogP contribution in [-0.2, 0) is 11.3 Å². The monoisotopic (exact) mass is 250 g/mol. The Balaban J connectivity index is 2.68. The number of carbonyl (C=O) groups is 1. The maximum atomic E-state index is 11.4. The minimum Gasteiger partial charge on any atom is -0.494 e. The summed E-state index contributed by atoms with van der Waals surface area (Å²) in [5.74, 6) is 0.514. The minimum atomic E-state index is -0.665. The van der Waals surface area contributed by atoms with Crippen LogP contribution in [0.5, 0.6) is 5.75 Å². The van der Waals surface area contributed by atoms with E-state index in [0.717, 1.165) is 11.3 Å². The summed E-state index contributed by atoms with van der Waals surface area (Å²) in [5, 5.41) is 3.20. The van der Waals surface area contributed by atoms with Gasteiger partial charge in [-0.05, 0) is 38.0 Å². The Labute approximate surface area is 109 Å². The summed E-state index contributed by atoms with van der Waals surface area (Å²) < 4.78 is 5.43. The summed E-state index contributed by atoms with van der Waals surface area (Å²) in [7, 11) is 0.